The van der Waals surface area contributed by atoms with E-state index < -0.39 is 24.3 Å². The molecule has 2 atom stereocenters. The number of hydrogen-bond donors (Lipinski definition) is 4. The standard InChI is InChI=1S/C32H46N4O6/c1-23(2)27(35-31(39)41-21-25-15-9-7-10-16-25)29(37)33-19-13-5-6-14-20-34-30(38)28(24(3)4)36-32(40)42-22-26-17-11-8-12-18-26/h7-12,15-18,23-24,27-28H,5-6,13-14,19-22H2,1-4H3,(H,33,37)(H,34,38)(H,35,39)(H,36,40)/t27-,28+. The van der Waals surface area contributed by atoms with Gasteiger partial charge >= 0.3 is 12.2 Å². The minimum atomic E-state index is -0.693. The first-order chi connectivity index (χ1) is 20.2. The minimum absolute atomic E-state index is 0.104. The summed E-state index contributed by atoms with van der Waals surface area (Å²) in [6, 6.07) is 17.3. The first-order valence-electron chi connectivity index (χ1n) is 14.7. The average molecular weight is 583 g/mol. The third-order valence-electron chi connectivity index (χ3n) is 6.57. The van der Waals surface area contributed by atoms with Crippen LogP contribution in [0.25, 0.3) is 0 Å². The maximum atomic E-state index is 12.6. The zero-order valence-electron chi connectivity index (χ0n) is 25.2. The molecule has 230 valence electrons. The van der Waals surface area contributed by atoms with Gasteiger partial charge in [0.1, 0.15) is 25.3 Å². The SMILES string of the molecule is CC(C)[C@H](NC(=O)OCc1ccccc1)C(=O)NCCCCCCNC(=O)[C@H](NC(=O)OCc1ccccc1)C(C)C. The molecule has 42 heavy (non-hydrogen) atoms. The summed E-state index contributed by atoms with van der Waals surface area (Å²) in [5.41, 5.74) is 1.74. The molecule has 0 spiro atoms. The second kappa shape index (κ2) is 19.1. The Morgan fingerprint density at radius 2 is 0.929 bits per heavy atom. The van der Waals surface area contributed by atoms with Gasteiger partial charge in [-0.2, -0.15) is 0 Å². The lowest BCUT2D eigenvalue weighted by atomic mass is 10.0. The summed E-state index contributed by atoms with van der Waals surface area (Å²) in [7, 11) is 0. The van der Waals surface area contributed by atoms with Gasteiger partial charge in [0.15, 0.2) is 0 Å². The number of hydrogen-bond acceptors (Lipinski definition) is 6. The molecule has 2 aromatic carbocycles. The van der Waals surface area contributed by atoms with Gasteiger partial charge in [0.25, 0.3) is 0 Å². The highest BCUT2D eigenvalue weighted by Gasteiger charge is 2.25. The van der Waals surface area contributed by atoms with Gasteiger partial charge in [-0.1, -0.05) is 101 Å². The molecule has 0 unspecified atom stereocenters. The van der Waals surface area contributed by atoms with Gasteiger partial charge in [-0.25, -0.2) is 9.59 Å². The van der Waals surface area contributed by atoms with Crippen molar-refractivity contribution in [1.82, 2.24) is 21.3 Å². The zero-order chi connectivity index (χ0) is 30.7. The molecule has 0 heterocycles. The molecule has 0 aliphatic carbocycles. The molecule has 4 amide bonds. The molecule has 0 aliphatic heterocycles. The van der Waals surface area contributed by atoms with Crippen molar-refractivity contribution >= 4 is 24.0 Å². The summed E-state index contributed by atoms with van der Waals surface area (Å²) in [6.45, 7) is 8.70. The van der Waals surface area contributed by atoms with Crippen LogP contribution in [0.4, 0.5) is 9.59 Å². The number of nitrogens with one attached hydrogen (secondary N) is 4. The Labute approximate surface area is 249 Å². The van der Waals surface area contributed by atoms with E-state index >= 15 is 0 Å². The van der Waals surface area contributed by atoms with E-state index in [2.05, 4.69) is 21.3 Å². The van der Waals surface area contributed by atoms with Crippen LogP contribution in [0.1, 0.15) is 64.5 Å². The van der Waals surface area contributed by atoms with E-state index in [1.165, 1.54) is 0 Å². The summed E-state index contributed by atoms with van der Waals surface area (Å²) >= 11 is 0. The summed E-state index contributed by atoms with van der Waals surface area (Å²) in [6.07, 6.45) is 2.01. The second-order valence-corrected chi connectivity index (χ2v) is 10.9. The number of carbonyl (C=O) groups excluding carboxylic acids is 4. The van der Waals surface area contributed by atoms with E-state index in [9.17, 15) is 19.2 Å². The zero-order valence-corrected chi connectivity index (χ0v) is 25.2. The van der Waals surface area contributed by atoms with Crippen LogP contribution in [0.15, 0.2) is 60.7 Å². The molecule has 10 nitrogen and oxygen atoms in total. The number of rotatable bonds is 17. The normalized spacial score (nSPS) is 12.2. The predicted molar refractivity (Wildman–Crippen MR) is 161 cm³/mol. The Morgan fingerprint density at radius 3 is 1.26 bits per heavy atom. The molecule has 0 saturated carbocycles. The van der Waals surface area contributed by atoms with Crippen molar-refractivity contribution in [2.75, 3.05) is 13.1 Å². The Morgan fingerprint density at radius 1 is 0.571 bits per heavy atom. The molecular weight excluding hydrogens is 536 g/mol. The Kier molecular flexibility index (Phi) is 15.5. The molecule has 4 N–H and O–H groups in total. The topological polar surface area (TPSA) is 135 Å². The van der Waals surface area contributed by atoms with Gasteiger partial charge in [0, 0.05) is 13.1 Å². The van der Waals surface area contributed by atoms with Crippen molar-refractivity contribution < 1.29 is 28.7 Å². The lowest BCUT2D eigenvalue weighted by molar-refractivity contribution is -0.124. The van der Waals surface area contributed by atoms with Gasteiger partial charge in [-0.3, -0.25) is 9.59 Å². The lowest BCUT2D eigenvalue weighted by Crippen LogP contribution is -2.50. The molecule has 10 heteroatoms. The van der Waals surface area contributed by atoms with E-state index in [0.29, 0.717) is 13.1 Å². The maximum Gasteiger partial charge on any atom is 0.408 e. The molecule has 0 aromatic heterocycles. The van der Waals surface area contributed by atoms with Crippen LogP contribution in [-0.2, 0) is 32.3 Å². The summed E-state index contributed by atoms with van der Waals surface area (Å²) in [5, 5.41) is 11.1. The van der Waals surface area contributed by atoms with E-state index in [1.54, 1.807) is 0 Å². The third-order valence-corrected chi connectivity index (χ3v) is 6.57. The fraction of sp³-hybridized carbons (Fsp3) is 0.500. The predicted octanol–water partition coefficient (Wildman–Crippen LogP) is 4.68. The largest absolute Gasteiger partial charge is 0.445 e. The number of amides is 4. The van der Waals surface area contributed by atoms with Crippen LogP contribution in [0, 0.1) is 11.8 Å². The number of carbonyl (C=O) groups is 4. The van der Waals surface area contributed by atoms with Crippen LogP contribution < -0.4 is 21.3 Å². The summed E-state index contributed by atoms with van der Waals surface area (Å²) in [5.74, 6) is -0.701. The van der Waals surface area contributed by atoms with Crippen molar-refractivity contribution in [3.05, 3.63) is 71.8 Å². The monoisotopic (exact) mass is 582 g/mol. The number of alkyl carbamates (subject to hydrolysis) is 2. The molecule has 2 aromatic rings. The van der Waals surface area contributed by atoms with E-state index in [0.717, 1.165) is 36.8 Å². The molecule has 2 rings (SSSR count). The second-order valence-electron chi connectivity index (χ2n) is 10.9. The average Bonchev–Trinajstić information content (AvgIpc) is 2.98. The van der Waals surface area contributed by atoms with Crippen LogP contribution in [0.3, 0.4) is 0 Å². The van der Waals surface area contributed by atoms with Crippen molar-refractivity contribution in [2.24, 2.45) is 11.8 Å². The Balaban J connectivity index is 1.59. The van der Waals surface area contributed by atoms with Gasteiger partial charge in [-0.05, 0) is 35.8 Å². The first-order valence-corrected chi connectivity index (χ1v) is 14.7. The van der Waals surface area contributed by atoms with Crippen molar-refractivity contribution in [3.63, 3.8) is 0 Å². The van der Waals surface area contributed by atoms with Gasteiger partial charge in [0.2, 0.25) is 11.8 Å². The fourth-order valence-corrected chi connectivity index (χ4v) is 4.10. The van der Waals surface area contributed by atoms with Crippen LogP contribution in [-0.4, -0.2) is 49.2 Å². The highest BCUT2D eigenvalue weighted by Crippen LogP contribution is 2.07. The molecule has 0 fully saturated rings. The first kappa shape index (κ1) is 34.1. The summed E-state index contributed by atoms with van der Waals surface area (Å²) in [4.78, 5) is 49.7. The molecular formula is C32H46N4O6. The van der Waals surface area contributed by atoms with Crippen LogP contribution in [0.5, 0.6) is 0 Å². The Bertz CT molecular complexity index is 1010. The molecule has 0 bridgehead atoms. The molecule has 0 aliphatic rings. The number of benzene rings is 2. The smallest absolute Gasteiger partial charge is 0.408 e. The minimum Gasteiger partial charge on any atom is -0.445 e. The maximum absolute atomic E-state index is 12.6. The fourth-order valence-electron chi connectivity index (χ4n) is 4.10. The van der Waals surface area contributed by atoms with E-state index in [-0.39, 0.29) is 36.9 Å². The van der Waals surface area contributed by atoms with Crippen LogP contribution >= 0.6 is 0 Å². The van der Waals surface area contributed by atoms with Gasteiger partial charge in [0.05, 0.1) is 0 Å². The van der Waals surface area contributed by atoms with Crippen molar-refractivity contribution in [3.8, 4) is 0 Å². The van der Waals surface area contributed by atoms with Crippen molar-refractivity contribution in [1.29, 1.82) is 0 Å². The number of unbranched alkanes of at least 4 members (excludes halogenated alkanes) is 3. The van der Waals surface area contributed by atoms with E-state index in [1.807, 2.05) is 88.4 Å². The molecule has 0 radical (unpaired) electrons. The van der Waals surface area contributed by atoms with Gasteiger partial charge in [-0.15, -0.1) is 0 Å². The number of ether oxygens (including phenoxy) is 2. The van der Waals surface area contributed by atoms with Gasteiger partial charge < -0.3 is 30.7 Å². The van der Waals surface area contributed by atoms with Crippen LogP contribution in [0.2, 0.25) is 0 Å². The highest BCUT2D eigenvalue weighted by molar-refractivity contribution is 5.86. The summed E-state index contributed by atoms with van der Waals surface area (Å²) < 4.78 is 10.5. The third kappa shape index (κ3) is 13.5. The molecule has 0 saturated heterocycles. The Hall–Kier alpha value is -4.08. The van der Waals surface area contributed by atoms with E-state index in [4.69, 9.17) is 9.47 Å². The quantitative estimate of drug-likeness (QED) is 0.200. The highest BCUT2D eigenvalue weighted by atomic mass is 16.6. The van der Waals surface area contributed by atoms with Crippen molar-refractivity contribution in [2.45, 2.75) is 78.7 Å². The lowest BCUT2D eigenvalue weighted by Gasteiger charge is -2.21.